The Labute approximate surface area is 54.0 Å². The van der Waals surface area contributed by atoms with Crippen LogP contribution in [-0.2, 0) is 17.1 Å². The molecule has 0 fully saturated rings. The first-order chi connectivity index (χ1) is 3.00. The molecule has 1 heteroatoms. The molecule has 1 aromatic carbocycles. The summed E-state index contributed by atoms with van der Waals surface area (Å²) in [6, 6.07) is 12.5. The van der Waals surface area contributed by atoms with Crippen LogP contribution in [0.1, 0.15) is 0 Å². The number of hydrogen-bond acceptors (Lipinski definition) is 0. The topological polar surface area (TPSA) is 0 Å². The minimum absolute atomic E-state index is 0. The molecule has 0 aliphatic heterocycles. The molecule has 0 unspecified atom stereocenters. The van der Waals surface area contributed by atoms with E-state index in [1.54, 1.807) is 0 Å². The maximum absolute atomic E-state index is 2.89. The number of benzene rings is 1. The first-order valence-electron chi connectivity index (χ1n) is 1.91. The average molecular weight is 133 g/mol. The van der Waals surface area contributed by atoms with E-state index in [2.05, 4.69) is 6.07 Å². The SMILES string of the molecule is [Fe+3].[c-]1ccccc1. The van der Waals surface area contributed by atoms with Gasteiger partial charge in [-0.05, 0) is 0 Å². The van der Waals surface area contributed by atoms with E-state index in [0.717, 1.165) is 0 Å². The minimum atomic E-state index is 0. The maximum Gasteiger partial charge on any atom is 3.00 e. The van der Waals surface area contributed by atoms with Gasteiger partial charge in [0, 0.05) is 0 Å². The number of rotatable bonds is 0. The van der Waals surface area contributed by atoms with Crippen LogP contribution in [-0.4, -0.2) is 0 Å². The minimum Gasteiger partial charge on any atom is -0.184 e. The van der Waals surface area contributed by atoms with Gasteiger partial charge in [-0.3, -0.25) is 0 Å². The summed E-state index contributed by atoms with van der Waals surface area (Å²) < 4.78 is 0. The van der Waals surface area contributed by atoms with E-state index in [1.807, 2.05) is 30.3 Å². The molecule has 0 N–H and O–H groups in total. The van der Waals surface area contributed by atoms with Crippen molar-refractivity contribution in [2.45, 2.75) is 0 Å². The van der Waals surface area contributed by atoms with Crippen molar-refractivity contribution in [2.75, 3.05) is 0 Å². The van der Waals surface area contributed by atoms with E-state index in [9.17, 15) is 0 Å². The first-order valence-corrected chi connectivity index (χ1v) is 1.91. The Kier molecular flexibility index (Phi) is 3.77. The summed E-state index contributed by atoms with van der Waals surface area (Å²) >= 11 is 0. The van der Waals surface area contributed by atoms with Crippen LogP contribution >= 0.6 is 0 Å². The van der Waals surface area contributed by atoms with Gasteiger partial charge in [0.05, 0.1) is 0 Å². The monoisotopic (exact) mass is 133 g/mol. The van der Waals surface area contributed by atoms with Crippen LogP contribution in [0.15, 0.2) is 30.3 Å². The van der Waals surface area contributed by atoms with Crippen LogP contribution in [0.2, 0.25) is 0 Å². The molecule has 0 saturated carbocycles. The molecule has 0 bridgehead atoms. The quantitative estimate of drug-likeness (QED) is 0.371. The van der Waals surface area contributed by atoms with E-state index in [0.29, 0.717) is 0 Å². The average Bonchev–Trinajstić information content (AvgIpc) is 1.72. The maximum atomic E-state index is 2.89. The van der Waals surface area contributed by atoms with Gasteiger partial charge in [-0.25, -0.2) is 0 Å². The fraction of sp³-hybridized carbons (Fsp3) is 0. The molecule has 0 nitrogen and oxygen atoms in total. The summed E-state index contributed by atoms with van der Waals surface area (Å²) in [5, 5.41) is 0. The van der Waals surface area contributed by atoms with Gasteiger partial charge in [-0.2, -0.15) is 36.4 Å². The van der Waals surface area contributed by atoms with Crippen molar-refractivity contribution >= 4 is 0 Å². The van der Waals surface area contributed by atoms with Gasteiger partial charge >= 0.3 is 17.1 Å². The Morgan fingerprint density at radius 3 is 1.57 bits per heavy atom. The van der Waals surface area contributed by atoms with Crippen LogP contribution in [0.5, 0.6) is 0 Å². The zero-order chi connectivity index (χ0) is 4.24. The molecular formula is C6H5Fe+2. The normalized spacial score (nSPS) is 6.86. The molecular weight excluding hydrogens is 128 g/mol. The molecule has 0 saturated heterocycles. The Morgan fingerprint density at radius 1 is 0.857 bits per heavy atom. The largest absolute Gasteiger partial charge is 3.00 e. The van der Waals surface area contributed by atoms with Crippen molar-refractivity contribution in [3.8, 4) is 0 Å². The third-order valence-electron chi connectivity index (χ3n) is 0.607. The van der Waals surface area contributed by atoms with Crippen molar-refractivity contribution in [1.82, 2.24) is 0 Å². The van der Waals surface area contributed by atoms with Crippen LogP contribution in [0.25, 0.3) is 0 Å². The van der Waals surface area contributed by atoms with Gasteiger partial charge < -0.3 is 0 Å². The zero-order valence-corrected chi connectivity index (χ0v) is 4.84. The molecule has 1 rings (SSSR count). The van der Waals surface area contributed by atoms with Crippen LogP contribution in [0.3, 0.4) is 0 Å². The third kappa shape index (κ3) is 2.44. The molecule has 0 heterocycles. The van der Waals surface area contributed by atoms with E-state index in [-0.39, 0.29) is 17.1 Å². The Morgan fingerprint density at radius 2 is 1.43 bits per heavy atom. The molecule has 1 aromatic rings. The van der Waals surface area contributed by atoms with Crippen LogP contribution < -0.4 is 0 Å². The van der Waals surface area contributed by atoms with Crippen molar-refractivity contribution in [3.05, 3.63) is 36.4 Å². The summed E-state index contributed by atoms with van der Waals surface area (Å²) in [5.41, 5.74) is 0. The molecule has 0 atom stereocenters. The summed E-state index contributed by atoms with van der Waals surface area (Å²) in [5.74, 6) is 0. The van der Waals surface area contributed by atoms with Gasteiger partial charge in [-0.15, -0.1) is 0 Å². The summed E-state index contributed by atoms with van der Waals surface area (Å²) in [6.07, 6.45) is 0. The molecule has 35 valence electrons. The Bertz CT molecular complexity index is 76.1. The van der Waals surface area contributed by atoms with E-state index < -0.39 is 0 Å². The smallest absolute Gasteiger partial charge is 0.184 e. The molecule has 0 aliphatic carbocycles. The van der Waals surface area contributed by atoms with E-state index in [1.165, 1.54) is 0 Å². The van der Waals surface area contributed by atoms with E-state index in [4.69, 9.17) is 0 Å². The first kappa shape index (κ1) is 6.74. The second-order valence-corrected chi connectivity index (χ2v) is 1.08. The standard InChI is InChI=1S/C6H5.Fe/c1-2-4-6-5-3-1;/h1-5H;/q-1;+3. The van der Waals surface area contributed by atoms with Crippen LogP contribution in [0.4, 0.5) is 0 Å². The fourth-order valence-corrected chi connectivity index (χ4v) is 0.342. The predicted molar refractivity (Wildman–Crippen MR) is 25.3 cm³/mol. The summed E-state index contributed by atoms with van der Waals surface area (Å²) in [4.78, 5) is 0. The molecule has 0 spiro atoms. The predicted octanol–water partition coefficient (Wildman–Crippen LogP) is 1.48. The second kappa shape index (κ2) is 3.91. The van der Waals surface area contributed by atoms with Crippen molar-refractivity contribution in [1.29, 1.82) is 0 Å². The van der Waals surface area contributed by atoms with Gasteiger partial charge in [0.2, 0.25) is 0 Å². The van der Waals surface area contributed by atoms with Gasteiger partial charge in [-0.1, -0.05) is 0 Å². The van der Waals surface area contributed by atoms with Crippen LogP contribution in [0, 0.1) is 6.07 Å². The molecule has 0 aliphatic rings. The fourth-order valence-electron chi connectivity index (χ4n) is 0.342. The van der Waals surface area contributed by atoms with Gasteiger partial charge in [0.15, 0.2) is 0 Å². The third-order valence-corrected chi connectivity index (χ3v) is 0.607. The summed E-state index contributed by atoms with van der Waals surface area (Å²) in [7, 11) is 0. The molecule has 0 amide bonds. The van der Waals surface area contributed by atoms with Crippen molar-refractivity contribution in [2.24, 2.45) is 0 Å². The molecule has 0 aromatic heterocycles. The van der Waals surface area contributed by atoms with E-state index >= 15 is 0 Å². The second-order valence-electron chi connectivity index (χ2n) is 1.08. The summed E-state index contributed by atoms with van der Waals surface area (Å²) in [6.45, 7) is 0. The molecule has 7 heavy (non-hydrogen) atoms. The van der Waals surface area contributed by atoms with Gasteiger partial charge in [0.1, 0.15) is 0 Å². The van der Waals surface area contributed by atoms with Crippen molar-refractivity contribution < 1.29 is 17.1 Å². The van der Waals surface area contributed by atoms with Crippen molar-refractivity contribution in [3.63, 3.8) is 0 Å². The van der Waals surface area contributed by atoms with Gasteiger partial charge in [0.25, 0.3) is 0 Å². The molecule has 1 radical (unpaired) electrons. The zero-order valence-electron chi connectivity index (χ0n) is 3.74. The Hall–Kier alpha value is -0.261. The number of hydrogen-bond donors (Lipinski definition) is 0. The Balaban J connectivity index is 0.000000360.